The number of hydrogen-bond acceptors (Lipinski definition) is 2. The van der Waals surface area contributed by atoms with Crippen molar-refractivity contribution in [3.63, 3.8) is 0 Å². The Morgan fingerprint density at radius 2 is 1.94 bits per heavy atom. The van der Waals surface area contributed by atoms with Gasteiger partial charge in [0.25, 0.3) is 0 Å². The van der Waals surface area contributed by atoms with E-state index in [9.17, 15) is 4.79 Å². The summed E-state index contributed by atoms with van der Waals surface area (Å²) in [6, 6.07) is 7.35. The molecule has 0 unspecified atom stereocenters. The zero-order valence-corrected chi connectivity index (χ0v) is 10.0. The van der Waals surface area contributed by atoms with Crippen molar-refractivity contribution in [3.05, 3.63) is 48.0 Å². The molecular weight excluding hydrogens is 216 g/mol. The second-order valence-corrected chi connectivity index (χ2v) is 3.88. The fourth-order valence-corrected chi connectivity index (χ4v) is 1.30. The van der Waals surface area contributed by atoms with Gasteiger partial charge >= 0.3 is 5.97 Å². The van der Waals surface area contributed by atoms with Crippen LogP contribution in [0.5, 0.6) is 0 Å². The molecule has 0 aromatic heterocycles. The number of carboxylic acids is 1. The molecule has 1 N–H and O–H groups in total. The van der Waals surface area contributed by atoms with Crippen molar-refractivity contribution >= 4 is 17.8 Å². The highest BCUT2D eigenvalue weighted by Crippen LogP contribution is 2.16. The van der Waals surface area contributed by atoms with Gasteiger partial charge in [0, 0.05) is 11.6 Å². The van der Waals surface area contributed by atoms with Gasteiger partial charge < -0.3 is 9.84 Å². The van der Waals surface area contributed by atoms with Crippen LogP contribution in [0, 0.1) is 0 Å². The van der Waals surface area contributed by atoms with Crippen molar-refractivity contribution in [2.24, 2.45) is 0 Å². The van der Waals surface area contributed by atoms with E-state index in [-0.39, 0.29) is 6.10 Å². The van der Waals surface area contributed by atoms with Crippen LogP contribution >= 0.6 is 0 Å². The summed E-state index contributed by atoms with van der Waals surface area (Å²) < 4.78 is 5.47. The van der Waals surface area contributed by atoms with Crippen molar-refractivity contribution < 1.29 is 14.6 Å². The number of ether oxygens (including phenoxy) is 1. The van der Waals surface area contributed by atoms with Gasteiger partial charge in [-0.25, -0.2) is 4.79 Å². The monoisotopic (exact) mass is 232 g/mol. The second-order valence-electron chi connectivity index (χ2n) is 3.88. The van der Waals surface area contributed by atoms with E-state index in [0.29, 0.717) is 5.76 Å². The lowest BCUT2D eigenvalue weighted by Gasteiger charge is -2.12. The normalized spacial score (nSPS) is 10.8. The number of benzene rings is 1. The first-order valence-corrected chi connectivity index (χ1v) is 5.36. The molecule has 0 bridgehead atoms. The molecule has 0 aliphatic heterocycles. The van der Waals surface area contributed by atoms with Crippen molar-refractivity contribution in [2.75, 3.05) is 0 Å². The van der Waals surface area contributed by atoms with Gasteiger partial charge in [-0.1, -0.05) is 30.8 Å². The molecule has 0 atom stereocenters. The minimum Gasteiger partial charge on any atom is -0.491 e. The topological polar surface area (TPSA) is 46.5 Å². The maximum atomic E-state index is 10.3. The smallest absolute Gasteiger partial charge is 0.328 e. The summed E-state index contributed by atoms with van der Waals surface area (Å²) in [5.41, 5.74) is 1.72. The summed E-state index contributed by atoms with van der Waals surface area (Å²) >= 11 is 0. The molecule has 1 rings (SSSR count). The van der Waals surface area contributed by atoms with E-state index in [4.69, 9.17) is 9.84 Å². The predicted octanol–water partition coefficient (Wildman–Crippen LogP) is 3.18. The molecule has 1 aromatic rings. The summed E-state index contributed by atoms with van der Waals surface area (Å²) in [4.78, 5) is 10.3. The molecule has 0 radical (unpaired) electrons. The maximum Gasteiger partial charge on any atom is 0.328 e. The van der Waals surface area contributed by atoms with Crippen LogP contribution in [0.3, 0.4) is 0 Å². The molecule has 0 saturated carbocycles. The standard InChI is InChI=1S/C14H16O3/c1-10(2)17-11(3)13-7-4-12(5-8-13)6-9-14(15)16/h4-10H,3H2,1-2H3,(H,15,16)/b9-6+. The van der Waals surface area contributed by atoms with Crippen LogP contribution in [-0.2, 0) is 9.53 Å². The fourth-order valence-electron chi connectivity index (χ4n) is 1.30. The van der Waals surface area contributed by atoms with Gasteiger partial charge in [-0.3, -0.25) is 0 Å². The predicted molar refractivity (Wildman–Crippen MR) is 68.4 cm³/mol. The molecule has 0 saturated heterocycles. The SMILES string of the molecule is C=C(OC(C)C)c1ccc(/C=C/C(=O)O)cc1. The van der Waals surface area contributed by atoms with Crippen LogP contribution in [0.1, 0.15) is 25.0 Å². The number of carboxylic acid groups (broad SMARTS) is 1. The van der Waals surface area contributed by atoms with Gasteiger partial charge in [0.15, 0.2) is 0 Å². The molecule has 0 fully saturated rings. The molecule has 0 aliphatic rings. The largest absolute Gasteiger partial charge is 0.491 e. The molecule has 0 aliphatic carbocycles. The van der Waals surface area contributed by atoms with Crippen LogP contribution in [0.4, 0.5) is 0 Å². The van der Waals surface area contributed by atoms with E-state index in [1.54, 1.807) is 0 Å². The lowest BCUT2D eigenvalue weighted by molar-refractivity contribution is -0.131. The summed E-state index contributed by atoms with van der Waals surface area (Å²) in [6.45, 7) is 7.71. The van der Waals surface area contributed by atoms with Crippen molar-refractivity contribution in [3.8, 4) is 0 Å². The van der Waals surface area contributed by atoms with Crippen LogP contribution in [0.2, 0.25) is 0 Å². The number of carbonyl (C=O) groups is 1. The summed E-state index contributed by atoms with van der Waals surface area (Å²) in [7, 11) is 0. The second kappa shape index (κ2) is 5.89. The molecule has 0 amide bonds. The van der Waals surface area contributed by atoms with Crippen LogP contribution < -0.4 is 0 Å². The minimum absolute atomic E-state index is 0.0917. The van der Waals surface area contributed by atoms with Crippen LogP contribution in [0.15, 0.2) is 36.9 Å². The van der Waals surface area contributed by atoms with E-state index in [0.717, 1.165) is 17.2 Å². The highest BCUT2D eigenvalue weighted by Gasteiger charge is 2.01. The van der Waals surface area contributed by atoms with E-state index in [1.807, 2.05) is 38.1 Å². The van der Waals surface area contributed by atoms with Crippen LogP contribution in [0.25, 0.3) is 11.8 Å². The summed E-state index contributed by atoms with van der Waals surface area (Å²) in [5.74, 6) is -0.338. The van der Waals surface area contributed by atoms with Gasteiger partial charge in [0.1, 0.15) is 5.76 Å². The highest BCUT2D eigenvalue weighted by molar-refractivity contribution is 5.85. The first-order chi connectivity index (χ1) is 7.99. The third-order valence-corrected chi connectivity index (χ3v) is 2.03. The van der Waals surface area contributed by atoms with Gasteiger partial charge in [-0.2, -0.15) is 0 Å². The van der Waals surface area contributed by atoms with E-state index in [1.165, 1.54) is 6.08 Å². The molecule has 17 heavy (non-hydrogen) atoms. The highest BCUT2D eigenvalue weighted by atomic mass is 16.5. The number of aliphatic carboxylic acids is 1. The first kappa shape index (κ1) is 13.0. The Morgan fingerprint density at radius 1 is 1.35 bits per heavy atom. The van der Waals surface area contributed by atoms with Crippen molar-refractivity contribution in [2.45, 2.75) is 20.0 Å². The minimum atomic E-state index is -0.957. The quantitative estimate of drug-likeness (QED) is 0.626. The first-order valence-electron chi connectivity index (χ1n) is 5.36. The molecular formula is C14H16O3. The Balaban J connectivity index is 2.74. The maximum absolute atomic E-state index is 10.3. The molecule has 0 spiro atoms. The zero-order valence-electron chi connectivity index (χ0n) is 10.0. The number of rotatable bonds is 5. The van der Waals surface area contributed by atoms with Crippen molar-refractivity contribution in [1.82, 2.24) is 0 Å². The van der Waals surface area contributed by atoms with Gasteiger partial charge in [0.05, 0.1) is 6.10 Å². The van der Waals surface area contributed by atoms with Gasteiger partial charge in [-0.05, 0) is 25.5 Å². The Labute approximate surface area is 101 Å². The average Bonchev–Trinajstić information content (AvgIpc) is 2.26. The van der Waals surface area contributed by atoms with E-state index < -0.39 is 5.97 Å². The Hall–Kier alpha value is -2.03. The lowest BCUT2D eigenvalue weighted by Crippen LogP contribution is -2.00. The Kier molecular flexibility index (Phi) is 4.52. The summed E-state index contributed by atoms with van der Waals surface area (Å²) in [6.07, 6.45) is 2.74. The number of hydrogen-bond donors (Lipinski definition) is 1. The Morgan fingerprint density at radius 3 is 2.41 bits per heavy atom. The van der Waals surface area contributed by atoms with E-state index >= 15 is 0 Å². The van der Waals surface area contributed by atoms with Gasteiger partial charge in [-0.15, -0.1) is 0 Å². The fraction of sp³-hybridized carbons (Fsp3) is 0.214. The summed E-state index contributed by atoms with van der Waals surface area (Å²) in [5, 5.41) is 8.50. The average molecular weight is 232 g/mol. The zero-order chi connectivity index (χ0) is 12.8. The molecule has 90 valence electrons. The third kappa shape index (κ3) is 4.55. The molecule has 0 heterocycles. The van der Waals surface area contributed by atoms with E-state index in [2.05, 4.69) is 6.58 Å². The molecule has 1 aromatic carbocycles. The van der Waals surface area contributed by atoms with Gasteiger partial charge in [0.2, 0.25) is 0 Å². The van der Waals surface area contributed by atoms with Crippen molar-refractivity contribution in [1.29, 1.82) is 0 Å². The molecule has 3 nitrogen and oxygen atoms in total. The molecule has 3 heteroatoms. The Bertz CT molecular complexity index is 427. The lowest BCUT2D eigenvalue weighted by atomic mass is 10.1. The van der Waals surface area contributed by atoms with Crippen LogP contribution in [-0.4, -0.2) is 17.2 Å². The third-order valence-electron chi connectivity index (χ3n) is 2.03.